The van der Waals surface area contributed by atoms with E-state index in [1.54, 1.807) is 47.5 Å². The third-order valence-corrected chi connectivity index (χ3v) is 8.04. The van der Waals surface area contributed by atoms with Crippen molar-refractivity contribution in [3.63, 3.8) is 0 Å². The van der Waals surface area contributed by atoms with Gasteiger partial charge >= 0.3 is 0 Å². The number of hydrogen-bond donors (Lipinski definition) is 0. The quantitative estimate of drug-likeness (QED) is 0.656. The molecule has 2 aromatic rings. The molecule has 1 amide bonds. The van der Waals surface area contributed by atoms with E-state index >= 15 is 0 Å². The summed E-state index contributed by atoms with van der Waals surface area (Å²) < 4.78 is 27.7. The molecule has 8 heteroatoms. The van der Waals surface area contributed by atoms with E-state index < -0.39 is 10.0 Å². The molecule has 2 heterocycles. The average molecular weight is 422 g/mol. The molecule has 1 saturated heterocycles. The lowest BCUT2D eigenvalue weighted by Crippen LogP contribution is -2.37. The van der Waals surface area contributed by atoms with Gasteiger partial charge in [0, 0.05) is 19.3 Å². The summed E-state index contributed by atoms with van der Waals surface area (Å²) in [5.41, 5.74) is 1.63. The lowest BCUT2D eigenvalue weighted by atomic mass is 10.2. The van der Waals surface area contributed by atoms with Gasteiger partial charge in [0.05, 0.1) is 16.3 Å². The Kier molecular flexibility index (Phi) is 6.52. The van der Waals surface area contributed by atoms with E-state index in [1.807, 2.05) is 6.92 Å². The van der Waals surface area contributed by atoms with Gasteiger partial charge in [0.1, 0.15) is 5.37 Å². The number of carbonyl (C=O) groups is 1. The van der Waals surface area contributed by atoms with Crippen LogP contribution in [-0.4, -0.2) is 60.0 Å². The van der Waals surface area contributed by atoms with Crippen LogP contribution in [-0.2, 0) is 14.8 Å². The normalized spacial score (nSPS) is 17.6. The number of aryl methyl sites for hydroxylation is 1. The molecule has 0 radical (unpaired) electrons. The zero-order valence-electron chi connectivity index (χ0n) is 16.5. The highest BCUT2D eigenvalue weighted by Crippen LogP contribution is 2.39. The third-order valence-electron chi connectivity index (χ3n) is 5.09. The van der Waals surface area contributed by atoms with Gasteiger partial charge in [0.2, 0.25) is 5.91 Å². The van der Waals surface area contributed by atoms with E-state index in [0.717, 1.165) is 25.2 Å². The Labute approximate surface area is 171 Å². The molecule has 0 aliphatic carbocycles. The van der Waals surface area contributed by atoms with Gasteiger partial charge < -0.3 is 9.80 Å². The van der Waals surface area contributed by atoms with Crippen molar-refractivity contribution in [2.75, 3.05) is 31.9 Å². The molecule has 1 unspecified atom stereocenters. The van der Waals surface area contributed by atoms with Crippen LogP contribution in [0, 0.1) is 6.92 Å². The number of benzene rings is 1. The van der Waals surface area contributed by atoms with Crippen molar-refractivity contribution in [2.45, 2.75) is 31.0 Å². The Morgan fingerprint density at radius 1 is 1.14 bits per heavy atom. The number of carbonyl (C=O) groups excluding carboxylic acids is 1. The minimum Gasteiger partial charge on any atom is -0.323 e. The Hall–Kier alpha value is -1.77. The van der Waals surface area contributed by atoms with Gasteiger partial charge in [-0.25, -0.2) is 12.4 Å². The zero-order chi connectivity index (χ0) is 20.3. The first-order valence-electron chi connectivity index (χ1n) is 9.51. The fourth-order valence-electron chi connectivity index (χ4n) is 3.34. The van der Waals surface area contributed by atoms with Crippen molar-refractivity contribution in [3.05, 3.63) is 53.9 Å². The zero-order valence-corrected chi connectivity index (χ0v) is 18.2. The van der Waals surface area contributed by atoms with Crippen LogP contribution in [0.3, 0.4) is 0 Å². The maximum atomic E-state index is 13.2. The highest BCUT2D eigenvalue weighted by molar-refractivity contribution is 8.00. The van der Waals surface area contributed by atoms with Crippen LogP contribution in [0.2, 0.25) is 0 Å². The van der Waals surface area contributed by atoms with Crippen molar-refractivity contribution in [1.29, 1.82) is 0 Å². The molecular formula is C20H27N3O3S2. The average Bonchev–Trinajstić information content (AvgIpc) is 3.30. The number of thioether (sulfide) groups is 1. The van der Waals surface area contributed by atoms with E-state index in [9.17, 15) is 13.2 Å². The fourth-order valence-corrected chi connectivity index (χ4v) is 6.02. The summed E-state index contributed by atoms with van der Waals surface area (Å²) in [5, 5.41) is -0.293. The molecule has 1 aliphatic rings. The molecule has 0 spiro atoms. The molecule has 1 fully saturated rings. The minimum absolute atomic E-state index is 0.0580. The van der Waals surface area contributed by atoms with Crippen LogP contribution in [0.4, 0.5) is 0 Å². The summed E-state index contributed by atoms with van der Waals surface area (Å²) in [7, 11) is -3.71. The number of rotatable bonds is 8. The molecule has 1 aromatic heterocycles. The first-order valence-corrected chi connectivity index (χ1v) is 12.0. The van der Waals surface area contributed by atoms with Crippen LogP contribution >= 0.6 is 11.8 Å². The first-order chi connectivity index (χ1) is 13.4. The molecule has 28 heavy (non-hydrogen) atoms. The van der Waals surface area contributed by atoms with E-state index in [4.69, 9.17) is 0 Å². The lowest BCUT2D eigenvalue weighted by Gasteiger charge is -2.28. The molecule has 0 N–H and O–H groups in total. The summed E-state index contributed by atoms with van der Waals surface area (Å²) in [6.45, 7) is 9.34. The molecular weight excluding hydrogens is 394 g/mol. The molecule has 0 bridgehead atoms. The lowest BCUT2D eigenvalue weighted by molar-refractivity contribution is -0.128. The highest BCUT2D eigenvalue weighted by Gasteiger charge is 2.36. The fraction of sp³-hybridized carbons (Fsp3) is 0.450. The smallest absolute Gasteiger partial charge is 0.267 e. The largest absolute Gasteiger partial charge is 0.323 e. The van der Waals surface area contributed by atoms with Gasteiger partial charge in [-0.15, -0.1) is 11.8 Å². The Morgan fingerprint density at radius 3 is 2.46 bits per heavy atom. The van der Waals surface area contributed by atoms with E-state index in [-0.39, 0.29) is 16.2 Å². The summed E-state index contributed by atoms with van der Waals surface area (Å²) >= 11 is 1.48. The predicted molar refractivity (Wildman–Crippen MR) is 113 cm³/mol. The molecule has 0 saturated carbocycles. The molecule has 152 valence electrons. The minimum atomic E-state index is -3.71. The van der Waals surface area contributed by atoms with E-state index in [0.29, 0.717) is 18.0 Å². The summed E-state index contributed by atoms with van der Waals surface area (Å²) in [6, 6.07) is 10.4. The molecule has 1 atom stereocenters. The Bertz CT molecular complexity index is 918. The Balaban J connectivity index is 1.89. The van der Waals surface area contributed by atoms with Crippen LogP contribution in [0.1, 0.15) is 30.5 Å². The summed E-state index contributed by atoms with van der Waals surface area (Å²) in [4.78, 5) is 16.8. The van der Waals surface area contributed by atoms with Crippen LogP contribution < -0.4 is 0 Å². The van der Waals surface area contributed by atoms with Gasteiger partial charge in [-0.1, -0.05) is 31.5 Å². The second kappa shape index (κ2) is 8.71. The van der Waals surface area contributed by atoms with Gasteiger partial charge in [0.15, 0.2) is 0 Å². The van der Waals surface area contributed by atoms with Crippen LogP contribution in [0.15, 0.2) is 47.5 Å². The number of hydrogen-bond acceptors (Lipinski definition) is 5. The Morgan fingerprint density at radius 2 is 1.82 bits per heavy atom. The highest BCUT2D eigenvalue weighted by atomic mass is 32.2. The van der Waals surface area contributed by atoms with Crippen molar-refractivity contribution in [1.82, 2.24) is 13.8 Å². The van der Waals surface area contributed by atoms with E-state index in [1.165, 1.54) is 15.7 Å². The number of amides is 1. The maximum absolute atomic E-state index is 13.2. The van der Waals surface area contributed by atoms with Crippen LogP contribution in [0.25, 0.3) is 0 Å². The maximum Gasteiger partial charge on any atom is 0.267 e. The topological polar surface area (TPSA) is 62.6 Å². The summed E-state index contributed by atoms with van der Waals surface area (Å²) in [5.74, 6) is 0.432. The van der Waals surface area contributed by atoms with Crippen LogP contribution in [0.5, 0.6) is 0 Å². The van der Waals surface area contributed by atoms with Gasteiger partial charge in [0.25, 0.3) is 10.0 Å². The monoisotopic (exact) mass is 421 g/mol. The molecule has 1 aliphatic heterocycles. The van der Waals surface area contributed by atoms with Gasteiger partial charge in [-0.3, -0.25) is 4.79 Å². The second-order valence-electron chi connectivity index (χ2n) is 6.82. The standard InChI is InChI=1S/C20H27N3O3S2/c1-4-21(5-2)13-14-22-19(24)15-27-20(22)18-7-6-12-23(18)28(25,26)17-10-8-16(3)9-11-17/h6-12,20H,4-5,13-15H2,1-3H3. The van der Waals surface area contributed by atoms with Crippen molar-refractivity contribution >= 4 is 27.7 Å². The van der Waals surface area contributed by atoms with Crippen molar-refractivity contribution in [3.8, 4) is 0 Å². The van der Waals surface area contributed by atoms with Crippen molar-refractivity contribution in [2.24, 2.45) is 0 Å². The van der Waals surface area contributed by atoms with Crippen molar-refractivity contribution < 1.29 is 13.2 Å². The first kappa shape index (κ1) is 21.0. The molecule has 6 nitrogen and oxygen atoms in total. The molecule has 3 rings (SSSR count). The second-order valence-corrected chi connectivity index (χ2v) is 9.71. The third kappa shape index (κ3) is 4.14. The SMILES string of the molecule is CCN(CC)CCN1C(=O)CSC1c1cccn1S(=O)(=O)c1ccc(C)cc1. The molecule has 1 aromatic carbocycles. The number of likely N-dealkylation sites (N-methyl/N-ethyl adjacent to an activating group) is 1. The van der Waals surface area contributed by atoms with Gasteiger partial charge in [-0.2, -0.15) is 0 Å². The predicted octanol–water partition coefficient (Wildman–Crippen LogP) is 2.95. The van der Waals surface area contributed by atoms with E-state index in [2.05, 4.69) is 18.7 Å². The summed E-state index contributed by atoms with van der Waals surface area (Å²) in [6.07, 6.45) is 1.57. The van der Waals surface area contributed by atoms with Gasteiger partial charge in [-0.05, 0) is 44.3 Å². The number of nitrogens with zero attached hydrogens (tertiary/aromatic N) is 3. The number of aromatic nitrogens is 1.